The number of piperazine rings is 1. The summed E-state index contributed by atoms with van der Waals surface area (Å²) in [7, 11) is 0. The first-order valence-corrected chi connectivity index (χ1v) is 11.6. The van der Waals surface area contributed by atoms with Gasteiger partial charge in [0.25, 0.3) is 0 Å². The summed E-state index contributed by atoms with van der Waals surface area (Å²) in [5.41, 5.74) is 6.23. The Morgan fingerprint density at radius 3 is 2.69 bits per heavy atom. The van der Waals surface area contributed by atoms with Crippen LogP contribution in [0.25, 0.3) is 33.3 Å². The van der Waals surface area contributed by atoms with E-state index >= 15 is 0 Å². The molecule has 0 radical (unpaired) electrons. The predicted octanol–water partition coefficient (Wildman–Crippen LogP) is 4.83. The molecule has 35 heavy (non-hydrogen) atoms. The summed E-state index contributed by atoms with van der Waals surface area (Å²) in [6, 6.07) is 14.1. The molecule has 1 aliphatic heterocycles. The lowest BCUT2D eigenvalue weighted by molar-refractivity contribution is 0.566. The molecule has 2 aromatic carbocycles. The highest BCUT2D eigenvalue weighted by Gasteiger charge is 2.14. The van der Waals surface area contributed by atoms with E-state index in [1.165, 1.54) is 11.8 Å². The molecule has 1 aliphatic rings. The summed E-state index contributed by atoms with van der Waals surface area (Å²) in [6.07, 6.45) is 7.36. The summed E-state index contributed by atoms with van der Waals surface area (Å²) >= 11 is 0. The maximum atomic E-state index is 14.1. The van der Waals surface area contributed by atoms with Crippen molar-refractivity contribution in [3.8, 4) is 22.3 Å². The molecule has 0 spiro atoms. The normalized spacial score (nSPS) is 14.1. The second-order valence-corrected chi connectivity index (χ2v) is 8.77. The molecule has 0 amide bonds. The number of pyridine rings is 1. The van der Waals surface area contributed by atoms with Crippen LogP contribution < -0.4 is 10.2 Å². The largest absolute Gasteiger partial charge is 0.369 e. The molecule has 8 heteroatoms. The van der Waals surface area contributed by atoms with Crippen LogP contribution in [0.4, 0.5) is 14.5 Å². The Kier molecular flexibility index (Phi) is 5.50. The van der Waals surface area contributed by atoms with Gasteiger partial charge < -0.3 is 15.2 Å². The lowest BCUT2D eigenvalue weighted by atomic mass is 10.0. The van der Waals surface area contributed by atoms with Gasteiger partial charge in [-0.15, -0.1) is 0 Å². The lowest BCUT2D eigenvalue weighted by Gasteiger charge is -2.29. The smallest absolute Gasteiger partial charge is 0.137 e. The molecule has 3 aromatic heterocycles. The highest BCUT2D eigenvalue weighted by Crippen LogP contribution is 2.32. The monoisotopic (exact) mass is 470 g/mol. The Balaban J connectivity index is 1.31. The molecule has 0 unspecified atom stereocenters. The topological polar surface area (TPSA) is 61.8 Å². The molecule has 0 saturated carbocycles. The number of benzene rings is 2. The van der Waals surface area contributed by atoms with E-state index < -0.39 is 11.6 Å². The first-order valence-electron chi connectivity index (χ1n) is 11.6. The highest BCUT2D eigenvalue weighted by molar-refractivity contribution is 5.95. The van der Waals surface area contributed by atoms with Crippen LogP contribution >= 0.6 is 0 Å². The molecule has 5 aromatic rings. The number of fused-ring (bicyclic) bond motifs is 1. The maximum absolute atomic E-state index is 14.1. The van der Waals surface area contributed by atoms with Gasteiger partial charge in [0.05, 0.1) is 12.7 Å². The maximum Gasteiger partial charge on any atom is 0.137 e. The fourth-order valence-corrected chi connectivity index (χ4v) is 4.63. The highest BCUT2D eigenvalue weighted by atomic mass is 19.1. The minimum atomic E-state index is -0.468. The zero-order valence-electron chi connectivity index (χ0n) is 19.0. The van der Waals surface area contributed by atoms with Gasteiger partial charge in [0.2, 0.25) is 0 Å². The van der Waals surface area contributed by atoms with Crippen LogP contribution in [-0.4, -0.2) is 45.9 Å². The van der Waals surface area contributed by atoms with Crippen molar-refractivity contribution in [3.63, 3.8) is 0 Å². The van der Waals surface area contributed by atoms with Gasteiger partial charge >= 0.3 is 0 Å². The molecule has 1 saturated heterocycles. The van der Waals surface area contributed by atoms with E-state index in [1.54, 1.807) is 10.9 Å². The van der Waals surface area contributed by atoms with Crippen molar-refractivity contribution in [2.75, 3.05) is 31.1 Å². The van der Waals surface area contributed by atoms with Gasteiger partial charge in [0, 0.05) is 78.1 Å². The Morgan fingerprint density at radius 2 is 1.80 bits per heavy atom. The van der Waals surface area contributed by atoms with E-state index in [1.807, 2.05) is 18.6 Å². The number of nitrogens with zero attached hydrogens (tertiary/aromatic N) is 4. The Hall–Kier alpha value is -4.04. The fraction of sp³-hybridized carbons (Fsp3) is 0.185. The van der Waals surface area contributed by atoms with Gasteiger partial charge in [-0.2, -0.15) is 5.10 Å². The zero-order chi connectivity index (χ0) is 23.8. The number of halogens is 2. The number of hydrogen-bond acceptors (Lipinski definition) is 4. The number of nitrogens with one attached hydrogen (secondary N) is 2. The first kappa shape index (κ1) is 21.5. The van der Waals surface area contributed by atoms with E-state index in [0.717, 1.165) is 71.6 Å². The van der Waals surface area contributed by atoms with Crippen LogP contribution in [0.1, 0.15) is 5.56 Å². The molecule has 0 aliphatic carbocycles. The van der Waals surface area contributed by atoms with Gasteiger partial charge in [-0.25, -0.2) is 13.8 Å². The fourth-order valence-electron chi connectivity index (χ4n) is 4.63. The lowest BCUT2D eigenvalue weighted by Crippen LogP contribution is -2.43. The summed E-state index contributed by atoms with van der Waals surface area (Å²) in [5.74, 6) is -0.919. The van der Waals surface area contributed by atoms with E-state index in [2.05, 4.69) is 55.6 Å². The Morgan fingerprint density at radius 1 is 0.914 bits per heavy atom. The SMILES string of the molecule is Fc1ccc(F)c(Cn2cc(-c3c[nH]c4ncc(-c5cccc(N6CCNCC6)c5)cc34)cn2)c1. The number of aromatic nitrogens is 4. The summed E-state index contributed by atoms with van der Waals surface area (Å²) in [5, 5.41) is 8.74. The minimum Gasteiger partial charge on any atom is -0.369 e. The molecule has 0 atom stereocenters. The number of anilines is 1. The van der Waals surface area contributed by atoms with E-state index in [4.69, 9.17) is 0 Å². The number of hydrogen-bond donors (Lipinski definition) is 2. The van der Waals surface area contributed by atoms with Gasteiger partial charge in [0.1, 0.15) is 17.3 Å². The second kappa shape index (κ2) is 8.96. The third-order valence-electron chi connectivity index (χ3n) is 6.48. The molecule has 4 heterocycles. The third-order valence-corrected chi connectivity index (χ3v) is 6.48. The standard InChI is InChI=1S/C27H24F2N6/c28-22-4-5-26(29)20(10-22)16-35-17-21(14-33-35)25-15-32-27-24(25)12-19(13-31-27)18-2-1-3-23(11-18)34-8-6-30-7-9-34/h1-5,10-15,17,30H,6-9,16H2,(H,31,32). The van der Waals surface area contributed by atoms with Crippen molar-refractivity contribution >= 4 is 16.7 Å². The molecule has 2 N–H and O–H groups in total. The first-order chi connectivity index (χ1) is 17.1. The Bertz CT molecular complexity index is 1500. The summed E-state index contributed by atoms with van der Waals surface area (Å²) in [6.45, 7) is 4.11. The average Bonchev–Trinajstić information content (AvgIpc) is 3.53. The summed E-state index contributed by atoms with van der Waals surface area (Å²) < 4.78 is 29.2. The average molecular weight is 471 g/mol. The molecule has 176 valence electrons. The molecular weight excluding hydrogens is 446 g/mol. The predicted molar refractivity (Wildman–Crippen MR) is 133 cm³/mol. The van der Waals surface area contributed by atoms with Gasteiger partial charge in [-0.1, -0.05) is 12.1 Å². The Labute approximate surface area is 201 Å². The number of aromatic amines is 1. The quantitative estimate of drug-likeness (QED) is 0.386. The zero-order valence-corrected chi connectivity index (χ0v) is 19.0. The second-order valence-electron chi connectivity index (χ2n) is 8.77. The van der Waals surface area contributed by atoms with Crippen molar-refractivity contribution < 1.29 is 8.78 Å². The third kappa shape index (κ3) is 4.28. The van der Waals surface area contributed by atoms with Crippen LogP contribution in [-0.2, 0) is 6.54 Å². The number of rotatable bonds is 5. The van der Waals surface area contributed by atoms with Gasteiger partial charge in [-0.3, -0.25) is 4.68 Å². The molecule has 0 bridgehead atoms. The summed E-state index contributed by atoms with van der Waals surface area (Å²) in [4.78, 5) is 10.3. The minimum absolute atomic E-state index is 0.147. The molecule has 6 nitrogen and oxygen atoms in total. The van der Waals surface area contributed by atoms with Crippen LogP contribution in [0.3, 0.4) is 0 Å². The van der Waals surface area contributed by atoms with Crippen LogP contribution in [0, 0.1) is 11.6 Å². The molecule has 6 rings (SSSR count). The van der Waals surface area contributed by atoms with Crippen molar-refractivity contribution in [1.82, 2.24) is 25.1 Å². The van der Waals surface area contributed by atoms with Crippen molar-refractivity contribution in [3.05, 3.63) is 90.5 Å². The van der Waals surface area contributed by atoms with Crippen LogP contribution in [0.5, 0.6) is 0 Å². The van der Waals surface area contributed by atoms with Crippen molar-refractivity contribution in [2.45, 2.75) is 6.54 Å². The molecular formula is C27H24F2N6. The van der Waals surface area contributed by atoms with Crippen LogP contribution in [0.15, 0.2) is 73.3 Å². The number of H-pyrrole nitrogens is 1. The van der Waals surface area contributed by atoms with E-state index in [0.29, 0.717) is 0 Å². The van der Waals surface area contributed by atoms with E-state index in [-0.39, 0.29) is 12.1 Å². The van der Waals surface area contributed by atoms with E-state index in [9.17, 15) is 8.78 Å². The van der Waals surface area contributed by atoms with Gasteiger partial charge in [-0.05, 0) is 42.0 Å². The molecule has 1 fully saturated rings. The van der Waals surface area contributed by atoms with Crippen molar-refractivity contribution in [1.29, 1.82) is 0 Å². The van der Waals surface area contributed by atoms with Crippen LogP contribution in [0.2, 0.25) is 0 Å². The van der Waals surface area contributed by atoms with Gasteiger partial charge in [0.15, 0.2) is 0 Å². The van der Waals surface area contributed by atoms with Crippen molar-refractivity contribution in [2.24, 2.45) is 0 Å².